The van der Waals surface area contributed by atoms with Gasteiger partial charge < -0.3 is 5.32 Å². The highest BCUT2D eigenvalue weighted by atomic mass is 19.4. The van der Waals surface area contributed by atoms with Crippen molar-refractivity contribution in [3.05, 3.63) is 53.7 Å². The second-order valence-corrected chi connectivity index (χ2v) is 5.24. The highest BCUT2D eigenvalue weighted by molar-refractivity contribution is 5.75. The standard InChI is InChI=1S/C15H11F3N8/c1-9-6-21-26(8-9)13-3-2-11(15(16,17)18)4-12(13)20-7-10(5-19)14-22-24-25-23-14/h2-4,6-8,20H,1H3,(H,22,23,24,25). The van der Waals surface area contributed by atoms with Gasteiger partial charge in [0.05, 0.1) is 23.1 Å². The van der Waals surface area contributed by atoms with Crippen LogP contribution in [0.4, 0.5) is 18.9 Å². The first kappa shape index (κ1) is 17.2. The molecule has 8 nitrogen and oxygen atoms in total. The fourth-order valence-corrected chi connectivity index (χ4v) is 2.14. The number of nitrogens with zero attached hydrogens (tertiary/aromatic N) is 6. The number of hydrogen-bond acceptors (Lipinski definition) is 6. The number of allylic oxidation sites excluding steroid dienone is 1. The van der Waals surface area contributed by atoms with Crippen LogP contribution in [-0.2, 0) is 6.18 Å². The number of aromatic nitrogens is 6. The van der Waals surface area contributed by atoms with Crippen LogP contribution >= 0.6 is 0 Å². The number of rotatable bonds is 4. The molecule has 11 heteroatoms. The lowest BCUT2D eigenvalue weighted by molar-refractivity contribution is -0.137. The molecule has 0 saturated heterocycles. The molecule has 26 heavy (non-hydrogen) atoms. The Labute approximate surface area is 145 Å². The molecule has 0 spiro atoms. The molecule has 3 aromatic rings. The van der Waals surface area contributed by atoms with Crippen molar-refractivity contribution in [2.75, 3.05) is 5.32 Å². The molecule has 132 valence electrons. The Bertz CT molecular complexity index is 979. The van der Waals surface area contributed by atoms with Gasteiger partial charge in [-0.25, -0.2) is 4.68 Å². The van der Waals surface area contributed by atoms with Crippen molar-refractivity contribution in [1.29, 1.82) is 5.26 Å². The van der Waals surface area contributed by atoms with E-state index in [1.54, 1.807) is 12.4 Å². The van der Waals surface area contributed by atoms with Crippen molar-refractivity contribution in [1.82, 2.24) is 30.4 Å². The van der Waals surface area contributed by atoms with Crippen LogP contribution in [0.1, 0.15) is 17.0 Å². The number of anilines is 1. The zero-order valence-corrected chi connectivity index (χ0v) is 13.3. The summed E-state index contributed by atoms with van der Waals surface area (Å²) in [5.41, 5.74) is 0.501. The first-order chi connectivity index (χ1) is 12.4. The Morgan fingerprint density at radius 1 is 1.38 bits per heavy atom. The molecule has 0 aliphatic carbocycles. The summed E-state index contributed by atoms with van der Waals surface area (Å²) in [5, 5.41) is 28.9. The summed E-state index contributed by atoms with van der Waals surface area (Å²) in [7, 11) is 0. The SMILES string of the molecule is Cc1cnn(-c2ccc(C(F)(F)F)cc2NC=C(C#N)c2nn[nH]n2)c1. The Morgan fingerprint density at radius 2 is 2.19 bits per heavy atom. The fourth-order valence-electron chi connectivity index (χ4n) is 2.14. The van der Waals surface area contributed by atoms with E-state index < -0.39 is 11.7 Å². The number of nitrogens with one attached hydrogen (secondary N) is 2. The molecule has 0 unspecified atom stereocenters. The van der Waals surface area contributed by atoms with Gasteiger partial charge in [-0.2, -0.15) is 28.7 Å². The molecule has 0 radical (unpaired) electrons. The summed E-state index contributed by atoms with van der Waals surface area (Å²) in [6, 6.07) is 5.05. The minimum Gasteiger partial charge on any atom is -0.359 e. The van der Waals surface area contributed by atoms with Gasteiger partial charge in [-0.05, 0) is 35.9 Å². The van der Waals surface area contributed by atoms with E-state index in [1.807, 2.05) is 13.0 Å². The van der Waals surface area contributed by atoms with Crippen molar-refractivity contribution in [3.63, 3.8) is 0 Å². The van der Waals surface area contributed by atoms with E-state index in [4.69, 9.17) is 0 Å². The van der Waals surface area contributed by atoms with E-state index in [9.17, 15) is 18.4 Å². The molecule has 2 N–H and O–H groups in total. The Hall–Kier alpha value is -3.68. The molecule has 0 saturated carbocycles. The van der Waals surface area contributed by atoms with Crippen LogP contribution in [0.25, 0.3) is 11.3 Å². The summed E-state index contributed by atoms with van der Waals surface area (Å²) in [6.45, 7) is 1.81. The van der Waals surface area contributed by atoms with E-state index in [2.05, 4.69) is 31.0 Å². The number of H-pyrrole nitrogens is 1. The van der Waals surface area contributed by atoms with E-state index in [-0.39, 0.29) is 17.1 Å². The van der Waals surface area contributed by atoms with Crippen LogP contribution in [0.3, 0.4) is 0 Å². The maximum Gasteiger partial charge on any atom is 0.416 e. The zero-order valence-electron chi connectivity index (χ0n) is 13.3. The molecule has 0 aliphatic heterocycles. The molecule has 3 rings (SSSR count). The van der Waals surface area contributed by atoms with Gasteiger partial charge in [-0.1, -0.05) is 0 Å². The van der Waals surface area contributed by atoms with Crippen molar-refractivity contribution < 1.29 is 13.2 Å². The van der Waals surface area contributed by atoms with Crippen LogP contribution < -0.4 is 5.32 Å². The van der Waals surface area contributed by atoms with Gasteiger partial charge in [0.1, 0.15) is 11.6 Å². The maximum absolute atomic E-state index is 13.0. The highest BCUT2D eigenvalue weighted by Gasteiger charge is 2.31. The molecule has 1 aromatic carbocycles. The third-order valence-corrected chi connectivity index (χ3v) is 3.36. The van der Waals surface area contributed by atoms with E-state index in [1.165, 1.54) is 16.9 Å². The second kappa shape index (κ2) is 6.67. The lowest BCUT2D eigenvalue weighted by atomic mass is 10.1. The number of benzene rings is 1. The molecule has 0 amide bonds. The summed E-state index contributed by atoms with van der Waals surface area (Å²) >= 11 is 0. The molecule has 0 bridgehead atoms. The van der Waals surface area contributed by atoms with Gasteiger partial charge in [0.25, 0.3) is 0 Å². The van der Waals surface area contributed by atoms with E-state index >= 15 is 0 Å². The van der Waals surface area contributed by atoms with Crippen LogP contribution in [0.2, 0.25) is 0 Å². The Morgan fingerprint density at radius 3 is 2.77 bits per heavy atom. The number of hydrogen-bond donors (Lipinski definition) is 2. The first-order valence-electron chi connectivity index (χ1n) is 7.22. The Kier molecular flexibility index (Phi) is 4.40. The maximum atomic E-state index is 13.0. The molecule has 0 fully saturated rings. The number of aryl methyl sites for hydroxylation is 1. The number of nitriles is 1. The molecule has 2 heterocycles. The molecular weight excluding hydrogens is 349 g/mol. The zero-order chi connectivity index (χ0) is 18.7. The van der Waals surface area contributed by atoms with Gasteiger partial charge in [-0.3, -0.25) is 0 Å². The quantitative estimate of drug-likeness (QED) is 0.693. The van der Waals surface area contributed by atoms with Crippen LogP contribution in [0.5, 0.6) is 0 Å². The predicted molar refractivity (Wildman–Crippen MR) is 84.7 cm³/mol. The van der Waals surface area contributed by atoms with Gasteiger partial charge >= 0.3 is 6.18 Å². The molecule has 0 aliphatic rings. The number of alkyl halides is 3. The number of tetrazole rings is 1. The van der Waals surface area contributed by atoms with Crippen molar-refractivity contribution in [3.8, 4) is 11.8 Å². The van der Waals surface area contributed by atoms with Gasteiger partial charge in [-0.15, -0.1) is 10.2 Å². The third-order valence-electron chi connectivity index (χ3n) is 3.36. The lowest BCUT2D eigenvalue weighted by Gasteiger charge is -2.13. The average Bonchev–Trinajstić information content (AvgIpc) is 3.26. The number of aromatic amines is 1. The largest absolute Gasteiger partial charge is 0.416 e. The summed E-state index contributed by atoms with van der Waals surface area (Å²) in [4.78, 5) is 0. The topological polar surface area (TPSA) is 108 Å². The predicted octanol–water partition coefficient (Wildman–Crippen LogP) is 2.69. The van der Waals surface area contributed by atoms with Gasteiger partial charge in [0, 0.05) is 12.4 Å². The monoisotopic (exact) mass is 360 g/mol. The van der Waals surface area contributed by atoms with Crippen LogP contribution in [0.15, 0.2) is 36.8 Å². The molecule has 2 aromatic heterocycles. The third kappa shape index (κ3) is 3.54. The van der Waals surface area contributed by atoms with Gasteiger partial charge in [0.2, 0.25) is 5.82 Å². The molecular formula is C15H11F3N8. The van der Waals surface area contributed by atoms with Crippen LogP contribution in [-0.4, -0.2) is 30.4 Å². The highest BCUT2D eigenvalue weighted by Crippen LogP contribution is 2.33. The summed E-state index contributed by atoms with van der Waals surface area (Å²) in [5.74, 6) is 0.0171. The van der Waals surface area contributed by atoms with E-state index in [0.29, 0.717) is 5.69 Å². The van der Waals surface area contributed by atoms with Crippen LogP contribution in [0, 0.1) is 18.3 Å². The van der Waals surface area contributed by atoms with Crippen molar-refractivity contribution in [2.45, 2.75) is 13.1 Å². The Balaban J connectivity index is 2.04. The van der Waals surface area contributed by atoms with Crippen molar-refractivity contribution in [2.24, 2.45) is 0 Å². The van der Waals surface area contributed by atoms with Gasteiger partial charge in [0.15, 0.2) is 0 Å². The summed E-state index contributed by atoms with van der Waals surface area (Å²) in [6.07, 6.45) is -0.0518. The smallest absolute Gasteiger partial charge is 0.359 e. The summed E-state index contributed by atoms with van der Waals surface area (Å²) < 4.78 is 40.6. The van der Waals surface area contributed by atoms with E-state index in [0.717, 1.165) is 17.7 Å². The minimum absolute atomic E-state index is 0.00115. The normalized spacial score (nSPS) is 12.0. The minimum atomic E-state index is -4.51. The second-order valence-electron chi connectivity index (χ2n) is 5.24. The first-order valence-corrected chi connectivity index (χ1v) is 7.22. The molecule has 0 atom stereocenters. The lowest BCUT2D eigenvalue weighted by Crippen LogP contribution is -2.08. The van der Waals surface area contributed by atoms with Crippen molar-refractivity contribution >= 4 is 11.3 Å². The number of halogens is 3. The fraction of sp³-hybridized carbons (Fsp3) is 0.133. The average molecular weight is 360 g/mol.